The van der Waals surface area contributed by atoms with Gasteiger partial charge in [0.2, 0.25) is 5.88 Å². The summed E-state index contributed by atoms with van der Waals surface area (Å²) in [5.41, 5.74) is 3.91. The lowest BCUT2D eigenvalue weighted by Gasteiger charge is -2.27. The van der Waals surface area contributed by atoms with Gasteiger partial charge in [0.1, 0.15) is 23.2 Å². The Morgan fingerprint density at radius 2 is 2.08 bits per heavy atom. The number of nitriles is 1. The normalized spacial score (nSPS) is 17.2. The molecule has 0 saturated heterocycles. The summed E-state index contributed by atoms with van der Waals surface area (Å²) < 4.78 is 52.6. The summed E-state index contributed by atoms with van der Waals surface area (Å²) in [4.78, 5) is 12.2. The highest BCUT2D eigenvalue weighted by atomic mass is 35.5. The van der Waals surface area contributed by atoms with Crippen LogP contribution in [0.5, 0.6) is 0 Å². The molecular formula is C16H12ClF3N2O3. The van der Waals surface area contributed by atoms with Gasteiger partial charge < -0.3 is 15.2 Å². The van der Waals surface area contributed by atoms with E-state index in [0.29, 0.717) is 6.07 Å². The number of carbonyl (C=O) groups is 1. The first-order chi connectivity index (χ1) is 11.7. The topological polar surface area (TPSA) is 85.3 Å². The van der Waals surface area contributed by atoms with Crippen molar-refractivity contribution in [3.05, 3.63) is 56.9 Å². The SMILES string of the molecule is CCOC(=O)C1=C(C)OC(N)=C(C#N)C1c1c(F)cc(Cl)c(F)c1F. The van der Waals surface area contributed by atoms with Crippen molar-refractivity contribution in [1.82, 2.24) is 0 Å². The van der Waals surface area contributed by atoms with Crippen molar-refractivity contribution in [3.63, 3.8) is 0 Å². The first kappa shape index (κ1) is 18.7. The van der Waals surface area contributed by atoms with Gasteiger partial charge in [-0.15, -0.1) is 0 Å². The van der Waals surface area contributed by atoms with Crippen molar-refractivity contribution in [2.24, 2.45) is 5.73 Å². The number of esters is 1. The van der Waals surface area contributed by atoms with Gasteiger partial charge in [-0.1, -0.05) is 11.6 Å². The summed E-state index contributed by atoms with van der Waals surface area (Å²) in [6, 6.07) is 2.19. The summed E-state index contributed by atoms with van der Waals surface area (Å²) in [6.07, 6.45) is 0. The zero-order valence-corrected chi connectivity index (χ0v) is 13.9. The molecule has 2 N–H and O–H groups in total. The fourth-order valence-corrected chi connectivity index (χ4v) is 2.67. The van der Waals surface area contributed by atoms with Gasteiger partial charge in [0.05, 0.1) is 23.1 Å². The molecule has 1 aromatic rings. The molecule has 0 spiro atoms. The second kappa shape index (κ2) is 7.07. The molecule has 1 heterocycles. The number of nitrogens with two attached hydrogens (primary N) is 1. The van der Waals surface area contributed by atoms with Gasteiger partial charge in [-0.05, 0) is 19.9 Å². The standard InChI is InChI=1S/C16H12ClF3N2O3/c1-3-24-16(23)10-6(2)25-15(22)7(5-21)11(10)12-9(18)4-8(17)13(19)14(12)20/h4,11H,3,22H2,1-2H3. The first-order valence-electron chi connectivity index (χ1n) is 7.02. The smallest absolute Gasteiger partial charge is 0.338 e. The van der Waals surface area contributed by atoms with Crippen molar-refractivity contribution in [2.75, 3.05) is 6.61 Å². The number of rotatable bonds is 3. The zero-order chi connectivity index (χ0) is 18.9. The molecule has 1 atom stereocenters. The summed E-state index contributed by atoms with van der Waals surface area (Å²) in [7, 11) is 0. The molecule has 1 aliphatic rings. The summed E-state index contributed by atoms with van der Waals surface area (Å²) in [5, 5.41) is 8.53. The van der Waals surface area contributed by atoms with Crippen LogP contribution < -0.4 is 5.73 Å². The minimum Gasteiger partial charge on any atom is -0.463 e. The highest BCUT2D eigenvalue weighted by Crippen LogP contribution is 2.42. The van der Waals surface area contributed by atoms with Gasteiger partial charge in [-0.25, -0.2) is 18.0 Å². The van der Waals surface area contributed by atoms with Crippen molar-refractivity contribution in [1.29, 1.82) is 5.26 Å². The van der Waals surface area contributed by atoms with Crippen LogP contribution in [0.15, 0.2) is 28.9 Å². The Bertz CT molecular complexity index is 859. The second-order valence-electron chi connectivity index (χ2n) is 5.00. The zero-order valence-electron chi connectivity index (χ0n) is 13.1. The van der Waals surface area contributed by atoms with Gasteiger partial charge in [-0.2, -0.15) is 5.26 Å². The minimum absolute atomic E-state index is 0.0383. The Morgan fingerprint density at radius 1 is 1.44 bits per heavy atom. The van der Waals surface area contributed by atoms with E-state index in [-0.39, 0.29) is 17.9 Å². The number of benzene rings is 1. The molecule has 0 fully saturated rings. The number of carbonyl (C=O) groups excluding carboxylic acids is 1. The molecule has 2 rings (SSSR count). The number of ether oxygens (including phenoxy) is 2. The third-order valence-electron chi connectivity index (χ3n) is 3.54. The van der Waals surface area contributed by atoms with Crippen LogP contribution in [0.4, 0.5) is 13.2 Å². The Balaban J connectivity index is 2.81. The first-order valence-corrected chi connectivity index (χ1v) is 7.40. The van der Waals surface area contributed by atoms with Crippen LogP contribution in [-0.2, 0) is 14.3 Å². The fourth-order valence-electron chi connectivity index (χ4n) is 2.49. The van der Waals surface area contributed by atoms with Crippen LogP contribution in [0, 0.1) is 28.8 Å². The number of halogens is 4. The van der Waals surface area contributed by atoms with E-state index in [9.17, 15) is 23.2 Å². The third-order valence-corrected chi connectivity index (χ3v) is 3.81. The molecule has 1 unspecified atom stereocenters. The van der Waals surface area contributed by atoms with Crippen LogP contribution in [0.2, 0.25) is 5.02 Å². The summed E-state index contributed by atoms with van der Waals surface area (Å²) in [6.45, 7) is 2.79. The molecule has 9 heteroatoms. The molecular weight excluding hydrogens is 361 g/mol. The maximum atomic E-state index is 14.4. The average molecular weight is 373 g/mol. The Hall–Kier alpha value is -2.66. The van der Waals surface area contributed by atoms with E-state index in [1.54, 1.807) is 6.07 Å². The lowest BCUT2D eigenvalue weighted by atomic mass is 9.82. The lowest BCUT2D eigenvalue weighted by Crippen LogP contribution is -2.27. The number of nitrogens with zero attached hydrogens (tertiary/aromatic N) is 1. The van der Waals surface area contributed by atoms with Crippen LogP contribution >= 0.6 is 11.6 Å². The molecule has 0 aliphatic carbocycles. The number of hydrogen-bond acceptors (Lipinski definition) is 5. The van der Waals surface area contributed by atoms with E-state index in [1.165, 1.54) is 13.8 Å². The van der Waals surface area contributed by atoms with Crippen molar-refractivity contribution in [3.8, 4) is 6.07 Å². The van der Waals surface area contributed by atoms with Gasteiger partial charge in [0, 0.05) is 5.56 Å². The Labute approximate surface area is 146 Å². The highest BCUT2D eigenvalue weighted by Gasteiger charge is 2.40. The van der Waals surface area contributed by atoms with Crippen LogP contribution in [0.25, 0.3) is 0 Å². The average Bonchev–Trinajstić information content (AvgIpc) is 2.53. The molecule has 5 nitrogen and oxygen atoms in total. The van der Waals surface area contributed by atoms with E-state index in [0.717, 1.165) is 0 Å². The maximum absolute atomic E-state index is 14.4. The van der Waals surface area contributed by atoms with Crippen LogP contribution in [-0.4, -0.2) is 12.6 Å². The Morgan fingerprint density at radius 3 is 2.64 bits per heavy atom. The largest absolute Gasteiger partial charge is 0.463 e. The Kier molecular flexibility index (Phi) is 5.28. The molecule has 1 aliphatic heterocycles. The monoisotopic (exact) mass is 372 g/mol. The molecule has 0 bridgehead atoms. The highest BCUT2D eigenvalue weighted by molar-refractivity contribution is 6.30. The van der Waals surface area contributed by atoms with Crippen molar-refractivity contribution >= 4 is 17.6 Å². The summed E-state index contributed by atoms with van der Waals surface area (Å²) in [5.74, 6) is -7.57. The number of allylic oxidation sites excluding steroid dienone is 2. The molecule has 0 amide bonds. The van der Waals surface area contributed by atoms with Crippen LogP contribution in [0.1, 0.15) is 25.3 Å². The van der Waals surface area contributed by atoms with Gasteiger partial charge in [0.15, 0.2) is 11.6 Å². The fraction of sp³-hybridized carbons (Fsp3) is 0.250. The van der Waals surface area contributed by atoms with Crippen molar-refractivity contribution < 1.29 is 27.4 Å². The van der Waals surface area contributed by atoms with E-state index in [2.05, 4.69) is 0 Å². The predicted molar refractivity (Wildman–Crippen MR) is 81.3 cm³/mol. The molecule has 132 valence electrons. The lowest BCUT2D eigenvalue weighted by molar-refractivity contribution is -0.139. The van der Waals surface area contributed by atoms with E-state index in [1.807, 2.05) is 0 Å². The van der Waals surface area contributed by atoms with Crippen LogP contribution in [0.3, 0.4) is 0 Å². The van der Waals surface area contributed by atoms with E-state index >= 15 is 0 Å². The molecule has 0 saturated carbocycles. The molecule has 0 radical (unpaired) electrons. The predicted octanol–water partition coefficient (Wildman–Crippen LogP) is 3.40. The van der Waals surface area contributed by atoms with Crippen molar-refractivity contribution in [2.45, 2.75) is 19.8 Å². The van der Waals surface area contributed by atoms with Gasteiger partial charge >= 0.3 is 5.97 Å². The van der Waals surface area contributed by atoms with Gasteiger partial charge in [-0.3, -0.25) is 0 Å². The van der Waals surface area contributed by atoms with Gasteiger partial charge in [0.25, 0.3) is 0 Å². The number of hydrogen-bond donors (Lipinski definition) is 1. The summed E-state index contributed by atoms with van der Waals surface area (Å²) >= 11 is 5.42. The van der Waals surface area contributed by atoms with E-state index < -0.39 is 51.4 Å². The third kappa shape index (κ3) is 3.15. The molecule has 25 heavy (non-hydrogen) atoms. The minimum atomic E-state index is -1.63. The maximum Gasteiger partial charge on any atom is 0.338 e. The molecule has 0 aromatic heterocycles. The molecule has 1 aromatic carbocycles. The quantitative estimate of drug-likeness (QED) is 0.499. The second-order valence-corrected chi connectivity index (χ2v) is 5.40. The van der Waals surface area contributed by atoms with E-state index in [4.69, 9.17) is 26.8 Å².